The maximum atomic E-state index is 12.4. The summed E-state index contributed by atoms with van der Waals surface area (Å²) in [6.07, 6.45) is 4.78. The molecule has 0 saturated carbocycles. The molecule has 1 aromatic heterocycles. The number of ether oxygens (including phenoxy) is 2. The fraction of sp³-hybridized carbons (Fsp3) is 0.316. The molecular weight excluding hydrogens is 417 g/mol. The quantitative estimate of drug-likeness (QED) is 0.309. The van der Waals surface area contributed by atoms with Gasteiger partial charge in [-0.3, -0.25) is 0 Å². The van der Waals surface area contributed by atoms with Crippen molar-refractivity contribution in [3.63, 3.8) is 0 Å². The van der Waals surface area contributed by atoms with Crippen molar-refractivity contribution in [2.45, 2.75) is 32.7 Å². The van der Waals surface area contributed by atoms with Crippen molar-refractivity contribution in [2.75, 3.05) is 7.11 Å². The van der Waals surface area contributed by atoms with Crippen molar-refractivity contribution < 1.29 is 14.3 Å². The molecule has 0 unspecified atom stereocenters. The second-order valence-electron chi connectivity index (χ2n) is 5.56. The maximum absolute atomic E-state index is 12.4. The number of hydrogen-bond donors (Lipinski definition) is 0. The fourth-order valence-electron chi connectivity index (χ4n) is 2.68. The Labute approximate surface area is 155 Å². The van der Waals surface area contributed by atoms with E-state index < -0.39 is 0 Å². The van der Waals surface area contributed by atoms with Gasteiger partial charge in [0.2, 0.25) is 0 Å². The van der Waals surface area contributed by atoms with Crippen LogP contribution in [0.4, 0.5) is 0 Å². The number of methoxy groups -OCH3 is 1. The van der Waals surface area contributed by atoms with Crippen LogP contribution in [-0.2, 0) is 11.3 Å². The number of carbonyl (C=O) groups is 1. The Balaban J connectivity index is 1.98. The predicted molar refractivity (Wildman–Crippen MR) is 102 cm³/mol. The number of allylic oxidation sites excluding steroid dienone is 2. The van der Waals surface area contributed by atoms with Crippen molar-refractivity contribution in [1.29, 1.82) is 0 Å². The number of benzene rings is 1. The monoisotopic (exact) mass is 435 g/mol. The van der Waals surface area contributed by atoms with Gasteiger partial charge in [0.25, 0.3) is 0 Å². The summed E-state index contributed by atoms with van der Waals surface area (Å²) in [6.45, 7) is 2.65. The summed E-state index contributed by atoms with van der Waals surface area (Å²) in [5, 5.41) is 0.997. The standard InChI is InChI=1S/C19H18INO3/c1-3-4-5-6-7-8-14-12-21-16-10-9-13(23-2)11-15(16)17(20)18(21)19(22)24-14/h8-11H,3-5,12H2,1-2H3/b14-8+. The Morgan fingerprint density at radius 3 is 3.04 bits per heavy atom. The third-order valence-electron chi connectivity index (χ3n) is 3.93. The Bertz CT molecular complexity index is 883. The average Bonchev–Trinajstić information content (AvgIpc) is 2.87. The van der Waals surface area contributed by atoms with Crippen molar-refractivity contribution in [3.8, 4) is 17.6 Å². The second-order valence-corrected chi connectivity index (χ2v) is 6.64. The predicted octanol–water partition coefficient (Wildman–Crippen LogP) is 4.50. The molecule has 1 aliphatic heterocycles. The molecule has 2 heterocycles. The summed E-state index contributed by atoms with van der Waals surface area (Å²) in [5.41, 5.74) is 1.59. The lowest BCUT2D eigenvalue weighted by Gasteiger charge is -2.18. The SMILES string of the molecule is CCCCC#C/C=C1\Cn2c(c(I)c3cc(OC)ccc32)C(=O)O1. The molecule has 0 fully saturated rings. The molecule has 24 heavy (non-hydrogen) atoms. The first-order valence-corrected chi connectivity index (χ1v) is 8.99. The number of esters is 1. The van der Waals surface area contributed by atoms with Gasteiger partial charge in [-0.1, -0.05) is 25.2 Å². The second kappa shape index (κ2) is 7.31. The third kappa shape index (κ3) is 3.16. The summed E-state index contributed by atoms with van der Waals surface area (Å²) < 4.78 is 13.6. The van der Waals surface area contributed by atoms with Crippen LogP contribution in [0.3, 0.4) is 0 Å². The lowest BCUT2D eigenvalue weighted by atomic mass is 10.2. The van der Waals surface area contributed by atoms with E-state index in [-0.39, 0.29) is 5.97 Å². The van der Waals surface area contributed by atoms with Gasteiger partial charge >= 0.3 is 5.97 Å². The molecule has 0 bridgehead atoms. The highest BCUT2D eigenvalue weighted by atomic mass is 127. The summed E-state index contributed by atoms with van der Waals surface area (Å²) in [5.74, 6) is 7.10. The van der Waals surface area contributed by atoms with Crippen LogP contribution in [0.2, 0.25) is 0 Å². The number of halogens is 1. The van der Waals surface area contributed by atoms with Gasteiger partial charge in [0.1, 0.15) is 17.2 Å². The van der Waals surface area contributed by atoms with Crippen LogP contribution in [0.15, 0.2) is 30.0 Å². The third-order valence-corrected chi connectivity index (χ3v) is 5.02. The van der Waals surface area contributed by atoms with Crippen LogP contribution < -0.4 is 4.74 Å². The molecule has 3 rings (SSSR count). The number of aromatic nitrogens is 1. The van der Waals surface area contributed by atoms with Crippen LogP contribution in [0, 0.1) is 15.4 Å². The van der Waals surface area contributed by atoms with Crippen molar-refractivity contribution in [2.24, 2.45) is 0 Å². The van der Waals surface area contributed by atoms with Crippen LogP contribution in [0.5, 0.6) is 5.75 Å². The van der Waals surface area contributed by atoms with E-state index in [9.17, 15) is 4.79 Å². The van der Waals surface area contributed by atoms with E-state index in [1.54, 1.807) is 13.2 Å². The zero-order valence-corrected chi connectivity index (χ0v) is 15.8. The van der Waals surface area contributed by atoms with Crippen LogP contribution in [-0.4, -0.2) is 17.6 Å². The van der Waals surface area contributed by atoms with Crippen LogP contribution in [0.25, 0.3) is 10.9 Å². The van der Waals surface area contributed by atoms with E-state index >= 15 is 0 Å². The number of fused-ring (bicyclic) bond motifs is 3. The van der Waals surface area contributed by atoms with Gasteiger partial charge in [-0.25, -0.2) is 4.79 Å². The molecule has 0 atom stereocenters. The van der Waals surface area contributed by atoms with Gasteiger partial charge in [-0.15, -0.1) is 0 Å². The lowest BCUT2D eigenvalue weighted by Crippen LogP contribution is -2.21. The Morgan fingerprint density at radius 2 is 2.29 bits per heavy atom. The fourth-order valence-corrected chi connectivity index (χ4v) is 3.63. The lowest BCUT2D eigenvalue weighted by molar-refractivity contribution is 0.0562. The highest BCUT2D eigenvalue weighted by Gasteiger charge is 2.28. The number of nitrogens with zero attached hydrogens (tertiary/aromatic N) is 1. The van der Waals surface area contributed by atoms with E-state index in [4.69, 9.17) is 9.47 Å². The van der Waals surface area contributed by atoms with Gasteiger partial charge in [0.15, 0.2) is 0 Å². The topological polar surface area (TPSA) is 40.5 Å². The summed E-state index contributed by atoms with van der Waals surface area (Å²) in [4.78, 5) is 12.4. The number of unbranched alkanes of at least 4 members (excludes halogenated alkanes) is 2. The Hall–Kier alpha value is -1.94. The van der Waals surface area contributed by atoms with Gasteiger partial charge in [-0.2, -0.15) is 0 Å². The van der Waals surface area contributed by atoms with E-state index in [0.29, 0.717) is 18.0 Å². The van der Waals surface area contributed by atoms with Gasteiger partial charge in [0, 0.05) is 17.9 Å². The first kappa shape index (κ1) is 16.9. The molecule has 0 N–H and O–H groups in total. The van der Waals surface area contributed by atoms with E-state index in [2.05, 4.69) is 41.4 Å². The first-order chi connectivity index (χ1) is 11.7. The number of carbonyl (C=O) groups excluding carboxylic acids is 1. The molecule has 0 aliphatic carbocycles. The largest absolute Gasteiger partial charge is 0.497 e. The van der Waals surface area contributed by atoms with Crippen molar-refractivity contribution in [3.05, 3.63) is 39.3 Å². The maximum Gasteiger partial charge on any atom is 0.361 e. The molecule has 4 nitrogen and oxygen atoms in total. The Kier molecular flexibility index (Phi) is 5.14. The highest BCUT2D eigenvalue weighted by Crippen LogP contribution is 2.34. The zero-order valence-electron chi connectivity index (χ0n) is 13.7. The summed E-state index contributed by atoms with van der Waals surface area (Å²) in [7, 11) is 1.64. The average molecular weight is 435 g/mol. The molecule has 1 aliphatic rings. The minimum Gasteiger partial charge on any atom is -0.497 e. The zero-order chi connectivity index (χ0) is 17.1. The van der Waals surface area contributed by atoms with Gasteiger partial charge in [-0.05, 0) is 47.2 Å². The molecule has 0 saturated heterocycles. The first-order valence-electron chi connectivity index (χ1n) is 7.91. The van der Waals surface area contributed by atoms with Crippen LogP contribution >= 0.6 is 22.6 Å². The molecule has 0 spiro atoms. The Morgan fingerprint density at radius 1 is 1.46 bits per heavy atom. The van der Waals surface area contributed by atoms with E-state index in [0.717, 1.165) is 39.5 Å². The molecule has 5 heteroatoms. The molecule has 2 aromatic rings. The van der Waals surface area contributed by atoms with Gasteiger partial charge in [0.05, 0.1) is 22.7 Å². The number of hydrogen-bond acceptors (Lipinski definition) is 3. The number of cyclic esters (lactones) is 1. The normalized spacial score (nSPS) is 15.0. The van der Waals surface area contributed by atoms with E-state index in [1.807, 2.05) is 22.8 Å². The summed E-state index contributed by atoms with van der Waals surface area (Å²) >= 11 is 2.19. The highest BCUT2D eigenvalue weighted by molar-refractivity contribution is 14.1. The molecule has 0 amide bonds. The van der Waals surface area contributed by atoms with E-state index in [1.165, 1.54) is 0 Å². The van der Waals surface area contributed by atoms with Crippen molar-refractivity contribution >= 4 is 39.5 Å². The van der Waals surface area contributed by atoms with Crippen molar-refractivity contribution in [1.82, 2.24) is 4.57 Å². The molecular formula is C19H18INO3. The minimum absolute atomic E-state index is 0.331. The summed E-state index contributed by atoms with van der Waals surface area (Å²) in [6, 6.07) is 5.83. The molecule has 1 aromatic carbocycles. The van der Waals surface area contributed by atoms with Gasteiger partial charge < -0.3 is 14.0 Å². The molecule has 0 radical (unpaired) electrons. The number of rotatable bonds is 3. The van der Waals surface area contributed by atoms with Crippen LogP contribution in [0.1, 0.15) is 36.7 Å². The smallest absolute Gasteiger partial charge is 0.361 e. The minimum atomic E-state index is -0.331. The molecule has 124 valence electrons.